The molecule has 0 aliphatic rings. The van der Waals surface area contributed by atoms with E-state index in [0.717, 1.165) is 11.3 Å². The molecule has 0 amide bonds. The SMILES string of the molecule is C=C(Cl)CNc1cc(N)c(C)cn1. The zero-order chi connectivity index (χ0) is 9.84. The number of nitrogen functional groups attached to an aromatic ring is 1. The summed E-state index contributed by atoms with van der Waals surface area (Å²) in [7, 11) is 0. The number of aromatic nitrogens is 1. The number of anilines is 2. The number of aryl methyl sites for hydroxylation is 1. The van der Waals surface area contributed by atoms with E-state index in [2.05, 4.69) is 16.9 Å². The van der Waals surface area contributed by atoms with Crippen molar-refractivity contribution in [2.24, 2.45) is 0 Å². The van der Waals surface area contributed by atoms with E-state index >= 15 is 0 Å². The average Bonchev–Trinajstić information content (AvgIpc) is 2.07. The molecule has 0 saturated carbocycles. The largest absolute Gasteiger partial charge is 0.398 e. The topological polar surface area (TPSA) is 50.9 Å². The highest BCUT2D eigenvalue weighted by molar-refractivity contribution is 6.29. The van der Waals surface area contributed by atoms with Crippen LogP contribution in [0, 0.1) is 6.92 Å². The van der Waals surface area contributed by atoms with Crippen LogP contribution in [0.5, 0.6) is 0 Å². The van der Waals surface area contributed by atoms with E-state index in [9.17, 15) is 0 Å². The molecule has 70 valence electrons. The monoisotopic (exact) mass is 197 g/mol. The van der Waals surface area contributed by atoms with Gasteiger partial charge in [0, 0.05) is 23.0 Å². The molecule has 3 nitrogen and oxygen atoms in total. The maximum absolute atomic E-state index is 5.69. The summed E-state index contributed by atoms with van der Waals surface area (Å²) in [4.78, 5) is 4.12. The maximum atomic E-state index is 5.69. The lowest BCUT2D eigenvalue weighted by atomic mass is 10.2. The molecule has 3 N–H and O–H groups in total. The van der Waals surface area contributed by atoms with Crippen LogP contribution < -0.4 is 11.1 Å². The van der Waals surface area contributed by atoms with Crippen LogP contribution in [-0.4, -0.2) is 11.5 Å². The van der Waals surface area contributed by atoms with E-state index in [1.54, 1.807) is 12.3 Å². The normalized spacial score (nSPS) is 9.69. The Kier molecular flexibility index (Phi) is 3.14. The van der Waals surface area contributed by atoms with Gasteiger partial charge in [0.25, 0.3) is 0 Å². The van der Waals surface area contributed by atoms with Gasteiger partial charge in [-0.1, -0.05) is 18.2 Å². The van der Waals surface area contributed by atoms with Crippen molar-refractivity contribution in [2.45, 2.75) is 6.92 Å². The number of nitrogens with one attached hydrogen (secondary N) is 1. The summed E-state index contributed by atoms with van der Waals surface area (Å²) in [5.41, 5.74) is 7.38. The third-order valence-electron chi connectivity index (χ3n) is 1.61. The first-order valence-corrected chi connectivity index (χ1v) is 4.26. The molecule has 0 fully saturated rings. The first kappa shape index (κ1) is 9.86. The number of halogens is 1. The highest BCUT2D eigenvalue weighted by Gasteiger charge is 1.97. The zero-order valence-electron chi connectivity index (χ0n) is 7.47. The minimum atomic E-state index is 0.497. The standard InChI is InChI=1S/C9H12ClN3/c1-6-4-12-9(3-8(6)11)13-5-7(2)10/h3-4H,2,5H2,1H3,(H3,11,12,13). The Labute approximate surface area is 82.6 Å². The van der Waals surface area contributed by atoms with E-state index in [0.29, 0.717) is 17.4 Å². The molecular formula is C9H12ClN3. The Morgan fingerprint density at radius 3 is 3.00 bits per heavy atom. The number of nitrogens with zero attached hydrogens (tertiary/aromatic N) is 1. The minimum Gasteiger partial charge on any atom is -0.398 e. The van der Waals surface area contributed by atoms with Crippen molar-refractivity contribution in [3.05, 3.63) is 29.4 Å². The van der Waals surface area contributed by atoms with Gasteiger partial charge >= 0.3 is 0 Å². The smallest absolute Gasteiger partial charge is 0.128 e. The lowest BCUT2D eigenvalue weighted by Gasteiger charge is -2.05. The lowest BCUT2D eigenvalue weighted by Crippen LogP contribution is -2.03. The molecule has 0 saturated heterocycles. The molecule has 1 heterocycles. The lowest BCUT2D eigenvalue weighted by molar-refractivity contribution is 1.20. The summed E-state index contributed by atoms with van der Waals surface area (Å²) in [6, 6.07) is 1.77. The fourth-order valence-corrected chi connectivity index (χ4v) is 0.889. The number of pyridine rings is 1. The highest BCUT2D eigenvalue weighted by atomic mass is 35.5. The highest BCUT2D eigenvalue weighted by Crippen LogP contribution is 2.13. The van der Waals surface area contributed by atoms with Crippen molar-refractivity contribution in [2.75, 3.05) is 17.6 Å². The quantitative estimate of drug-likeness (QED) is 0.781. The first-order chi connectivity index (χ1) is 6.09. The first-order valence-electron chi connectivity index (χ1n) is 3.89. The molecule has 1 aromatic heterocycles. The van der Waals surface area contributed by atoms with Crippen LogP contribution in [0.3, 0.4) is 0 Å². The molecule has 0 aliphatic heterocycles. The molecular weight excluding hydrogens is 186 g/mol. The molecule has 1 aromatic rings. The molecule has 0 bridgehead atoms. The van der Waals surface area contributed by atoms with Crippen molar-refractivity contribution >= 4 is 23.1 Å². The Morgan fingerprint density at radius 1 is 1.77 bits per heavy atom. The summed E-state index contributed by atoms with van der Waals surface area (Å²) < 4.78 is 0. The van der Waals surface area contributed by atoms with Crippen molar-refractivity contribution in [3.8, 4) is 0 Å². The second-order valence-corrected chi connectivity index (χ2v) is 3.33. The van der Waals surface area contributed by atoms with Gasteiger partial charge in [0.2, 0.25) is 0 Å². The van der Waals surface area contributed by atoms with E-state index in [4.69, 9.17) is 17.3 Å². The number of hydrogen-bond donors (Lipinski definition) is 2. The van der Waals surface area contributed by atoms with Gasteiger partial charge in [0.15, 0.2) is 0 Å². The van der Waals surface area contributed by atoms with Crippen LogP contribution in [0.1, 0.15) is 5.56 Å². The Bertz CT molecular complexity index is 323. The zero-order valence-corrected chi connectivity index (χ0v) is 8.23. The number of hydrogen-bond acceptors (Lipinski definition) is 3. The molecule has 0 spiro atoms. The molecule has 13 heavy (non-hydrogen) atoms. The summed E-state index contributed by atoms with van der Waals surface area (Å²) in [6.07, 6.45) is 1.72. The van der Waals surface area contributed by atoms with Crippen molar-refractivity contribution in [1.82, 2.24) is 4.98 Å². The van der Waals surface area contributed by atoms with Crippen molar-refractivity contribution in [1.29, 1.82) is 0 Å². The summed E-state index contributed by atoms with van der Waals surface area (Å²) in [5.74, 6) is 0.713. The Balaban J connectivity index is 2.68. The van der Waals surface area contributed by atoms with Crippen molar-refractivity contribution in [3.63, 3.8) is 0 Å². The van der Waals surface area contributed by atoms with Gasteiger partial charge in [-0.3, -0.25) is 0 Å². The average molecular weight is 198 g/mol. The van der Waals surface area contributed by atoms with E-state index in [1.165, 1.54) is 0 Å². The minimum absolute atomic E-state index is 0.497. The van der Waals surface area contributed by atoms with Crippen LogP contribution in [0.15, 0.2) is 23.9 Å². The van der Waals surface area contributed by atoms with Crippen LogP contribution in [0.25, 0.3) is 0 Å². The third kappa shape index (κ3) is 2.95. The Hall–Kier alpha value is -1.22. The van der Waals surface area contributed by atoms with Crippen LogP contribution >= 0.6 is 11.6 Å². The molecule has 4 heteroatoms. The van der Waals surface area contributed by atoms with Gasteiger partial charge in [0.1, 0.15) is 5.82 Å². The number of rotatable bonds is 3. The summed E-state index contributed by atoms with van der Waals surface area (Å²) >= 11 is 5.58. The predicted octanol–water partition coefficient (Wildman–Crippen LogP) is 2.14. The predicted molar refractivity (Wildman–Crippen MR) is 56.9 cm³/mol. The fourth-order valence-electron chi connectivity index (χ4n) is 0.822. The molecule has 0 unspecified atom stereocenters. The second kappa shape index (κ2) is 4.14. The van der Waals surface area contributed by atoms with Gasteiger partial charge < -0.3 is 11.1 Å². The molecule has 0 aromatic carbocycles. The Morgan fingerprint density at radius 2 is 2.46 bits per heavy atom. The fraction of sp³-hybridized carbons (Fsp3) is 0.222. The molecule has 0 atom stereocenters. The van der Waals surface area contributed by atoms with Crippen LogP contribution in [-0.2, 0) is 0 Å². The second-order valence-electron chi connectivity index (χ2n) is 2.80. The van der Waals surface area contributed by atoms with E-state index in [1.807, 2.05) is 6.92 Å². The van der Waals surface area contributed by atoms with Gasteiger partial charge in [-0.25, -0.2) is 4.98 Å². The van der Waals surface area contributed by atoms with E-state index in [-0.39, 0.29) is 0 Å². The molecule has 1 rings (SSSR count). The molecule has 0 aliphatic carbocycles. The molecule has 0 radical (unpaired) electrons. The van der Waals surface area contributed by atoms with Gasteiger partial charge in [0.05, 0.1) is 6.54 Å². The van der Waals surface area contributed by atoms with Crippen LogP contribution in [0.4, 0.5) is 11.5 Å². The van der Waals surface area contributed by atoms with Gasteiger partial charge in [-0.15, -0.1) is 0 Å². The summed E-state index contributed by atoms with van der Waals surface area (Å²) in [5, 5.41) is 3.53. The van der Waals surface area contributed by atoms with E-state index < -0.39 is 0 Å². The van der Waals surface area contributed by atoms with Crippen molar-refractivity contribution < 1.29 is 0 Å². The third-order valence-corrected chi connectivity index (χ3v) is 1.74. The van der Waals surface area contributed by atoms with Crippen LogP contribution in [0.2, 0.25) is 0 Å². The van der Waals surface area contributed by atoms with Gasteiger partial charge in [-0.2, -0.15) is 0 Å². The maximum Gasteiger partial charge on any atom is 0.128 e. The number of nitrogens with two attached hydrogens (primary N) is 1. The van der Waals surface area contributed by atoms with Gasteiger partial charge in [-0.05, 0) is 12.5 Å². The summed E-state index contributed by atoms with van der Waals surface area (Å²) in [6.45, 7) is 5.96.